The van der Waals surface area contributed by atoms with Crippen LogP contribution >= 0.6 is 0 Å². The molecule has 0 aromatic carbocycles. The highest BCUT2D eigenvalue weighted by Gasteiger charge is 1.95. The summed E-state index contributed by atoms with van der Waals surface area (Å²) in [7, 11) is 0. The first-order valence-corrected chi connectivity index (χ1v) is 3.87. The number of anilines is 1. The molecule has 0 unspecified atom stereocenters. The number of rotatable bonds is 3. The lowest BCUT2D eigenvalue weighted by atomic mass is 10.4. The van der Waals surface area contributed by atoms with Crippen LogP contribution in [0.25, 0.3) is 6.08 Å². The molecule has 1 rings (SSSR count). The van der Waals surface area contributed by atoms with E-state index in [1.54, 1.807) is 13.0 Å². The van der Waals surface area contributed by atoms with Gasteiger partial charge in [0.2, 0.25) is 0 Å². The number of H-pyrrole nitrogens is 1. The number of hydrogen-bond acceptors (Lipinski definition) is 4. The molecule has 0 aliphatic rings. The van der Waals surface area contributed by atoms with Crippen molar-refractivity contribution in [3.05, 3.63) is 18.0 Å². The number of esters is 1. The van der Waals surface area contributed by atoms with E-state index < -0.39 is 0 Å². The van der Waals surface area contributed by atoms with Gasteiger partial charge in [-0.3, -0.25) is 0 Å². The average molecular weight is 181 g/mol. The molecule has 0 atom stereocenters. The third-order valence-corrected chi connectivity index (χ3v) is 1.30. The van der Waals surface area contributed by atoms with Gasteiger partial charge >= 0.3 is 5.97 Å². The third-order valence-electron chi connectivity index (χ3n) is 1.30. The summed E-state index contributed by atoms with van der Waals surface area (Å²) in [5.74, 6) is -0.0563. The quantitative estimate of drug-likeness (QED) is 0.527. The molecule has 0 aliphatic carbocycles. The van der Waals surface area contributed by atoms with Gasteiger partial charge in [0, 0.05) is 6.08 Å². The van der Waals surface area contributed by atoms with Crippen LogP contribution in [0.5, 0.6) is 0 Å². The lowest BCUT2D eigenvalue weighted by Gasteiger charge is -1.93. The van der Waals surface area contributed by atoms with Gasteiger partial charge in [-0.05, 0) is 13.0 Å². The third kappa shape index (κ3) is 2.98. The van der Waals surface area contributed by atoms with E-state index in [1.807, 2.05) is 0 Å². The van der Waals surface area contributed by atoms with E-state index in [1.165, 1.54) is 12.3 Å². The fraction of sp³-hybridized carbons (Fsp3) is 0.250. The second kappa shape index (κ2) is 4.30. The van der Waals surface area contributed by atoms with Crippen LogP contribution in [0.4, 0.5) is 5.95 Å². The maximum absolute atomic E-state index is 10.8. The van der Waals surface area contributed by atoms with Gasteiger partial charge in [-0.1, -0.05) is 0 Å². The number of hydrogen-bond donors (Lipinski definition) is 2. The summed E-state index contributed by atoms with van der Waals surface area (Å²) in [5.41, 5.74) is 6.00. The molecule has 0 radical (unpaired) electrons. The lowest BCUT2D eigenvalue weighted by Crippen LogP contribution is -1.98. The van der Waals surface area contributed by atoms with E-state index in [2.05, 4.69) is 14.7 Å². The van der Waals surface area contributed by atoms with Crippen molar-refractivity contribution in [2.75, 3.05) is 12.3 Å². The van der Waals surface area contributed by atoms with Gasteiger partial charge in [0.25, 0.3) is 0 Å². The largest absolute Gasteiger partial charge is 0.463 e. The molecule has 5 nitrogen and oxygen atoms in total. The normalized spacial score (nSPS) is 10.5. The maximum Gasteiger partial charge on any atom is 0.330 e. The highest BCUT2D eigenvalue weighted by molar-refractivity contribution is 5.86. The van der Waals surface area contributed by atoms with Crippen molar-refractivity contribution < 1.29 is 9.53 Å². The number of nitrogens with one attached hydrogen (secondary N) is 1. The minimum Gasteiger partial charge on any atom is -0.463 e. The number of nitrogens with zero attached hydrogens (tertiary/aromatic N) is 1. The van der Waals surface area contributed by atoms with Gasteiger partial charge in [-0.2, -0.15) is 0 Å². The maximum atomic E-state index is 10.8. The Morgan fingerprint density at radius 1 is 1.85 bits per heavy atom. The number of nitrogens with two attached hydrogens (primary N) is 1. The standard InChI is InChI=1S/C8H11N3O2/c1-2-13-7(12)4-3-6-5-10-8(9)11-6/h3-5H,2H2,1H3,(H3,9,10,11)/b4-3+. The van der Waals surface area contributed by atoms with Crippen LogP contribution in [0.3, 0.4) is 0 Å². The molecular formula is C8H11N3O2. The summed E-state index contributed by atoms with van der Waals surface area (Å²) in [6.45, 7) is 2.12. The molecule has 0 bridgehead atoms. The van der Waals surface area contributed by atoms with Gasteiger partial charge in [-0.15, -0.1) is 0 Å². The van der Waals surface area contributed by atoms with E-state index in [4.69, 9.17) is 5.73 Å². The van der Waals surface area contributed by atoms with Crippen molar-refractivity contribution in [2.24, 2.45) is 0 Å². The second-order valence-electron chi connectivity index (χ2n) is 2.31. The molecule has 1 aromatic heterocycles. The van der Waals surface area contributed by atoms with Crippen molar-refractivity contribution in [2.45, 2.75) is 6.92 Å². The van der Waals surface area contributed by atoms with E-state index in [0.717, 1.165) is 0 Å². The van der Waals surface area contributed by atoms with Crippen LogP contribution in [0.2, 0.25) is 0 Å². The van der Waals surface area contributed by atoms with Crippen LogP contribution in [0.1, 0.15) is 12.6 Å². The summed E-state index contributed by atoms with van der Waals surface area (Å²) >= 11 is 0. The molecule has 70 valence electrons. The van der Waals surface area contributed by atoms with Crippen LogP contribution in [-0.2, 0) is 9.53 Å². The van der Waals surface area contributed by atoms with Crippen LogP contribution in [0.15, 0.2) is 12.3 Å². The first-order valence-electron chi connectivity index (χ1n) is 3.87. The zero-order valence-corrected chi connectivity index (χ0v) is 7.28. The van der Waals surface area contributed by atoms with Crippen molar-refractivity contribution in [3.8, 4) is 0 Å². The Kier molecular flexibility index (Phi) is 3.08. The Labute approximate surface area is 75.6 Å². The molecular weight excluding hydrogens is 170 g/mol. The minimum absolute atomic E-state index is 0.323. The Balaban J connectivity index is 2.53. The number of carbonyl (C=O) groups excluding carboxylic acids is 1. The highest BCUT2D eigenvalue weighted by atomic mass is 16.5. The molecule has 0 saturated carbocycles. The number of imidazole rings is 1. The first kappa shape index (κ1) is 9.31. The molecule has 0 fully saturated rings. The summed E-state index contributed by atoms with van der Waals surface area (Å²) in [6, 6.07) is 0. The number of aromatic amines is 1. The van der Waals surface area contributed by atoms with Gasteiger partial charge in [0.15, 0.2) is 5.95 Å². The molecule has 0 aliphatic heterocycles. The van der Waals surface area contributed by atoms with Crippen LogP contribution < -0.4 is 5.73 Å². The summed E-state index contributed by atoms with van der Waals surface area (Å²) in [6.07, 6.45) is 4.41. The summed E-state index contributed by atoms with van der Waals surface area (Å²) in [5, 5.41) is 0. The van der Waals surface area contributed by atoms with Gasteiger partial charge in [0.1, 0.15) is 0 Å². The molecule has 5 heteroatoms. The highest BCUT2D eigenvalue weighted by Crippen LogP contribution is 2.00. The predicted molar refractivity (Wildman–Crippen MR) is 48.7 cm³/mol. The molecule has 0 spiro atoms. The second-order valence-corrected chi connectivity index (χ2v) is 2.31. The number of nitrogen functional groups attached to an aromatic ring is 1. The van der Waals surface area contributed by atoms with E-state index in [9.17, 15) is 4.79 Å². The minimum atomic E-state index is -0.379. The zero-order chi connectivity index (χ0) is 9.68. The molecule has 0 saturated heterocycles. The fourth-order valence-corrected chi connectivity index (χ4v) is 0.784. The topological polar surface area (TPSA) is 81.0 Å². The number of carbonyl (C=O) groups is 1. The molecule has 13 heavy (non-hydrogen) atoms. The average Bonchev–Trinajstić information content (AvgIpc) is 2.49. The number of aromatic nitrogens is 2. The first-order chi connectivity index (χ1) is 6.22. The smallest absolute Gasteiger partial charge is 0.330 e. The Morgan fingerprint density at radius 2 is 2.62 bits per heavy atom. The monoisotopic (exact) mass is 181 g/mol. The zero-order valence-electron chi connectivity index (χ0n) is 7.28. The Bertz CT molecular complexity index is 317. The molecule has 1 heterocycles. The van der Waals surface area contributed by atoms with E-state index in [-0.39, 0.29) is 5.97 Å². The molecule has 3 N–H and O–H groups in total. The van der Waals surface area contributed by atoms with Crippen LogP contribution in [-0.4, -0.2) is 22.5 Å². The van der Waals surface area contributed by atoms with E-state index in [0.29, 0.717) is 18.2 Å². The van der Waals surface area contributed by atoms with Crippen molar-refractivity contribution in [1.29, 1.82) is 0 Å². The molecule has 0 amide bonds. The molecule has 1 aromatic rings. The fourth-order valence-electron chi connectivity index (χ4n) is 0.784. The summed E-state index contributed by atoms with van der Waals surface area (Å²) in [4.78, 5) is 17.4. The van der Waals surface area contributed by atoms with Crippen LogP contribution in [0, 0.1) is 0 Å². The SMILES string of the molecule is CCOC(=O)/C=C/c1cnc(N)[nH]1. The Hall–Kier alpha value is -1.78. The lowest BCUT2D eigenvalue weighted by molar-refractivity contribution is -0.137. The predicted octanol–water partition coefficient (Wildman–Crippen LogP) is 0.568. The van der Waals surface area contributed by atoms with Crippen molar-refractivity contribution >= 4 is 18.0 Å². The van der Waals surface area contributed by atoms with Gasteiger partial charge in [-0.25, -0.2) is 9.78 Å². The number of ether oxygens (including phenoxy) is 1. The summed E-state index contributed by atoms with van der Waals surface area (Å²) < 4.78 is 4.68. The Morgan fingerprint density at radius 3 is 3.15 bits per heavy atom. The van der Waals surface area contributed by atoms with Crippen molar-refractivity contribution in [1.82, 2.24) is 9.97 Å². The van der Waals surface area contributed by atoms with E-state index >= 15 is 0 Å². The van der Waals surface area contributed by atoms with Gasteiger partial charge < -0.3 is 15.5 Å². The van der Waals surface area contributed by atoms with Crippen molar-refractivity contribution in [3.63, 3.8) is 0 Å². The van der Waals surface area contributed by atoms with Gasteiger partial charge in [0.05, 0.1) is 18.5 Å².